The molecule has 1 aliphatic heterocycles. The summed E-state index contributed by atoms with van der Waals surface area (Å²) in [6.45, 7) is 0.464. The molecule has 4 rings (SSSR count). The topological polar surface area (TPSA) is 37.4 Å². The van der Waals surface area contributed by atoms with Gasteiger partial charge in [0.15, 0.2) is 0 Å². The number of fused-ring (bicyclic) bond motifs is 1. The third kappa shape index (κ3) is 4.04. The summed E-state index contributed by atoms with van der Waals surface area (Å²) in [5.74, 6) is -0.342. The van der Waals surface area contributed by atoms with Gasteiger partial charge in [0.25, 0.3) is 11.8 Å². The molecule has 0 unspecified atom stereocenters. The zero-order chi connectivity index (χ0) is 20.1. The summed E-state index contributed by atoms with van der Waals surface area (Å²) >= 11 is 0. The highest BCUT2D eigenvalue weighted by atomic mass is 16.2. The Morgan fingerprint density at radius 1 is 0.655 bits per heavy atom. The van der Waals surface area contributed by atoms with Crippen LogP contribution in [-0.4, -0.2) is 23.3 Å². The molecule has 0 fully saturated rings. The largest absolute Gasteiger partial charge is 0.274 e. The standard InChI is InChI=1S/C26H23NO2/c28-25-23-17-9-10-18-24(23)26(29)27(25)19-11-3-8-16-22(20-12-4-1-5-13-20)21-14-6-2-7-15-21/h1-2,4-7,9-10,12-18H,3,8,11,19H2. The Morgan fingerprint density at radius 2 is 1.14 bits per heavy atom. The fourth-order valence-electron chi connectivity index (χ4n) is 3.74. The Hall–Kier alpha value is -3.46. The van der Waals surface area contributed by atoms with Crippen LogP contribution in [0.1, 0.15) is 51.1 Å². The molecule has 29 heavy (non-hydrogen) atoms. The number of imide groups is 1. The second-order valence-electron chi connectivity index (χ2n) is 7.15. The van der Waals surface area contributed by atoms with E-state index in [4.69, 9.17) is 0 Å². The predicted octanol–water partition coefficient (Wildman–Crippen LogP) is 5.58. The van der Waals surface area contributed by atoms with Gasteiger partial charge < -0.3 is 0 Å². The summed E-state index contributed by atoms with van der Waals surface area (Å²) in [6, 6.07) is 27.8. The number of amides is 2. The average Bonchev–Trinajstić information content (AvgIpc) is 3.02. The monoisotopic (exact) mass is 381 g/mol. The van der Waals surface area contributed by atoms with Crippen LogP contribution in [0.2, 0.25) is 0 Å². The Morgan fingerprint density at radius 3 is 1.66 bits per heavy atom. The maximum Gasteiger partial charge on any atom is 0.261 e. The van der Waals surface area contributed by atoms with Crippen molar-refractivity contribution in [2.24, 2.45) is 0 Å². The summed E-state index contributed by atoms with van der Waals surface area (Å²) in [4.78, 5) is 26.3. The van der Waals surface area contributed by atoms with E-state index >= 15 is 0 Å². The van der Waals surface area contributed by atoms with E-state index in [2.05, 4.69) is 30.3 Å². The van der Waals surface area contributed by atoms with Gasteiger partial charge in [-0.15, -0.1) is 0 Å². The van der Waals surface area contributed by atoms with Crippen LogP contribution in [0, 0.1) is 0 Å². The van der Waals surface area contributed by atoms with E-state index in [1.54, 1.807) is 24.3 Å². The Kier molecular flexibility index (Phi) is 5.66. The highest BCUT2D eigenvalue weighted by molar-refractivity contribution is 6.21. The van der Waals surface area contributed by atoms with Crippen LogP contribution in [0.15, 0.2) is 91.0 Å². The van der Waals surface area contributed by atoms with Crippen molar-refractivity contribution in [2.45, 2.75) is 19.3 Å². The number of carbonyl (C=O) groups excluding carboxylic acids is 2. The van der Waals surface area contributed by atoms with Gasteiger partial charge >= 0.3 is 0 Å². The van der Waals surface area contributed by atoms with Crippen molar-refractivity contribution >= 4 is 17.4 Å². The summed E-state index contributed by atoms with van der Waals surface area (Å²) in [6.07, 6.45) is 4.85. The van der Waals surface area contributed by atoms with Gasteiger partial charge in [0.2, 0.25) is 0 Å². The van der Waals surface area contributed by atoms with E-state index < -0.39 is 0 Å². The van der Waals surface area contributed by atoms with Crippen molar-refractivity contribution in [3.05, 3.63) is 113 Å². The zero-order valence-electron chi connectivity index (χ0n) is 16.3. The van der Waals surface area contributed by atoms with Gasteiger partial charge in [0.1, 0.15) is 0 Å². The maximum atomic E-state index is 12.4. The van der Waals surface area contributed by atoms with Gasteiger partial charge in [-0.25, -0.2) is 0 Å². The molecule has 144 valence electrons. The van der Waals surface area contributed by atoms with Gasteiger partial charge in [-0.3, -0.25) is 14.5 Å². The van der Waals surface area contributed by atoms with Crippen LogP contribution in [0.5, 0.6) is 0 Å². The van der Waals surface area contributed by atoms with Crippen LogP contribution in [0.25, 0.3) is 5.57 Å². The Balaban J connectivity index is 1.39. The van der Waals surface area contributed by atoms with Crippen LogP contribution in [0.3, 0.4) is 0 Å². The van der Waals surface area contributed by atoms with Crippen LogP contribution in [-0.2, 0) is 0 Å². The lowest BCUT2D eigenvalue weighted by atomic mass is 9.96. The summed E-state index contributed by atoms with van der Waals surface area (Å²) < 4.78 is 0. The normalized spacial score (nSPS) is 12.8. The highest BCUT2D eigenvalue weighted by Crippen LogP contribution is 2.25. The van der Waals surface area contributed by atoms with Gasteiger partial charge in [-0.1, -0.05) is 78.9 Å². The van der Waals surface area contributed by atoms with Crippen molar-refractivity contribution in [3.63, 3.8) is 0 Å². The minimum atomic E-state index is -0.171. The van der Waals surface area contributed by atoms with E-state index in [9.17, 15) is 9.59 Å². The fraction of sp³-hybridized carbons (Fsp3) is 0.154. The molecule has 0 atom stereocenters. The van der Waals surface area contributed by atoms with Gasteiger partial charge in [-0.05, 0) is 48.1 Å². The first-order chi connectivity index (χ1) is 14.3. The molecule has 0 aliphatic carbocycles. The molecule has 1 heterocycles. The molecule has 3 heteroatoms. The van der Waals surface area contributed by atoms with Gasteiger partial charge in [-0.2, -0.15) is 0 Å². The first-order valence-corrected chi connectivity index (χ1v) is 10.0. The minimum Gasteiger partial charge on any atom is -0.274 e. The number of hydrogen-bond acceptors (Lipinski definition) is 2. The molecule has 2 amide bonds. The molecule has 0 saturated carbocycles. The lowest BCUT2D eigenvalue weighted by Crippen LogP contribution is -2.30. The Bertz CT molecular complexity index is 962. The minimum absolute atomic E-state index is 0.171. The number of carbonyl (C=O) groups is 2. The molecule has 0 spiro atoms. The lowest BCUT2D eigenvalue weighted by Gasteiger charge is -2.13. The van der Waals surface area contributed by atoms with Gasteiger partial charge in [0.05, 0.1) is 11.1 Å². The van der Waals surface area contributed by atoms with Crippen molar-refractivity contribution < 1.29 is 9.59 Å². The third-order valence-corrected chi connectivity index (χ3v) is 5.23. The SMILES string of the molecule is O=C1c2ccccc2C(=O)N1CCCCC=C(c1ccccc1)c1ccccc1. The van der Waals surface area contributed by atoms with E-state index in [1.165, 1.54) is 21.6 Å². The van der Waals surface area contributed by atoms with E-state index in [0.29, 0.717) is 17.7 Å². The van der Waals surface area contributed by atoms with Crippen molar-refractivity contribution in [1.29, 1.82) is 0 Å². The van der Waals surface area contributed by atoms with Crippen LogP contribution < -0.4 is 0 Å². The first-order valence-electron chi connectivity index (χ1n) is 10.0. The number of allylic oxidation sites excluding steroid dienone is 1. The van der Waals surface area contributed by atoms with Crippen molar-refractivity contribution in [3.8, 4) is 0 Å². The summed E-state index contributed by atoms with van der Waals surface area (Å²) in [5, 5.41) is 0. The van der Waals surface area contributed by atoms with Crippen LogP contribution in [0.4, 0.5) is 0 Å². The zero-order valence-corrected chi connectivity index (χ0v) is 16.3. The highest BCUT2D eigenvalue weighted by Gasteiger charge is 2.34. The lowest BCUT2D eigenvalue weighted by molar-refractivity contribution is 0.0652. The number of nitrogens with zero attached hydrogens (tertiary/aromatic N) is 1. The van der Waals surface area contributed by atoms with Crippen LogP contribution >= 0.6 is 0 Å². The third-order valence-electron chi connectivity index (χ3n) is 5.23. The van der Waals surface area contributed by atoms with Gasteiger partial charge in [0, 0.05) is 6.54 Å². The molecule has 0 radical (unpaired) electrons. The molecule has 0 bridgehead atoms. The molecular formula is C26H23NO2. The Labute approximate surface area is 171 Å². The molecule has 3 aromatic carbocycles. The smallest absolute Gasteiger partial charge is 0.261 e. The molecule has 0 aromatic heterocycles. The molecule has 0 saturated heterocycles. The van der Waals surface area contributed by atoms with E-state index in [1.807, 2.05) is 36.4 Å². The van der Waals surface area contributed by atoms with Crippen molar-refractivity contribution in [1.82, 2.24) is 4.90 Å². The van der Waals surface area contributed by atoms with Crippen molar-refractivity contribution in [2.75, 3.05) is 6.54 Å². The average molecular weight is 381 g/mol. The number of unbranched alkanes of at least 4 members (excludes halogenated alkanes) is 2. The number of rotatable bonds is 7. The summed E-state index contributed by atoms with van der Waals surface area (Å²) in [5.41, 5.74) is 4.64. The molecule has 0 N–H and O–H groups in total. The predicted molar refractivity (Wildman–Crippen MR) is 116 cm³/mol. The molecule has 1 aliphatic rings. The number of hydrogen-bond donors (Lipinski definition) is 0. The molecular weight excluding hydrogens is 358 g/mol. The maximum absolute atomic E-state index is 12.4. The second kappa shape index (κ2) is 8.70. The fourth-order valence-corrected chi connectivity index (χ4v) is 3.74. The van der Waals surface area contributed by atoms with E-state index in [-0.39, 0.29) is 11.8 Å². The number of benzene rings is 3. The molecule has 3 aromatic rings. The molecule has 3 nitrogen and oxygen atoms in total. The second-order valence-corrected chi connectivity index (χ2v) is 7.15. The quantitative estimate of drug-likeness (QED) is 0.395. The summed E-state index contributed by atoms with van der Waals surface area (Å²) in [7, 11) is 0. The first kappa shape index (κ1) is 18.9. The van der Waals surface area contributed by atoms with E-state index in [0.717, 1.165) is 19.3 Å².